The van der Waals surface area contributed by atoms with Crippen molar-refractivity contribution in [3.63, 3.8) is 0 Å². The average molecular weight is 393 g/mol. The fourth-order valence-electron chi connectivity index (χ4n) is 2.65. The Hall–Kier alpha value is -3.41. The minimum Gasteiger partial charge on any atom is -0.348 e. The molecule has 0 saturated heterocycles. The first kappa shape index (κ1) is 21.9. The van der Waals surface area contributed by atoms with Gasteiger partial charge < -0.3 is 16.0 Å². The summed E-state index contributed by atoms with van der Waals surface area (Å²) in [5.41, 5.74) is 3.88. The summed E-state index contributed by atoms with van der Waals surface area (Å²) in [5.74, 6) is -0.655. The van der Waals surface area contributed by atoms with E-state index in [9.17, 15) is 14.4 Å². The predicted octanol–water partition coefficient (Wildman–Crippen LogP) is 3.57. The summed E-state index contributed by atoms with van der Waals surface area (Å²) in [4.78, 5) is 35.9. The molecular formula is C23H27N3O3. The van der Waals surface area contributed by atoms with E-state index >= 15 is 0 Å². The maximum absolute atomic E-state index is 12.6. The van der Waals surface area contributed by atoms with Gasteiger partial charge in [-0.2, -0.15) is 0 Å². The lowest BCUT2D eigenvalue weighted by Gasteiger charge is -2.14. The number of carbonyl (C=O) groups excluding carboxylic acids is 3. The number of carbonyl (C=O) groups is 3. The van der Waals surface area contributed by atoms with E-state index in [1.54, 1.807) is 6.07 Å². The summed E-state index contributed by atoms with van der Waals surface area (Å²) in [6.45, 7) is 9.29. The summed E-state index contributed by atoms with van der Waals surface area (Å²) in [6.07, 6.45) is 1.38. The van der Waals surface area contributed by atoms with Crippen LogP contribution < -0.4 is 16.0 Å². The van der Waals surface area contributed by atoms with E-state index in [1.165, 1.54) is 6.08 Å². The minimum atomic E-state index is -0.264. The summed E-state index contributed by atoms with van der Waals surface area (Å²) in [7, 11) is 0. The van der Waals surface area contributed by atoms with Crippen LogP contribution in [0, 0.1) is 12.8 Å². The van der Waals surface area contributed by atoms with Gasteiger partial charge in [0.1, 0.15) is 0 Å². The molecule has 2 aromatic rings. The molecule has 0 heterocycles. The zero-order chi connectivity index (χ0) is 21.4. The van der Waals surface area contributed by atoms with Gasteiger partial charge in [-0.25, -0.2) is 0 Å². The molecule has 6 heteroatoms. The molecule has 0 radical (unpaired) electrons. The Balaban J connectivity index is 2.09. The number of rotatable bonds is 8. The molecule has 0 aliphatic rings. The van der Waals surface area contributed by atoms with Crippen LogP contribution in [0.3, 0.4) is 0 Å². The van der Waals surface area contributed by atoms with E-state index in [0.29, 0.717) is 17.9 Å². The molecule has 2 aromatic carbocycles. The number of amides is 3. The van der Waals surface area contributed by atoms with Crippen LogP contribution in [-0.4, -0.2) is 17.7 Å². The maximum Gasteiger partial charge on any atom is 0.243 e. The second-order valence-corrected chi connectivity index (χ2v) is 7.09. The standard InChI is InChI=1S/C23H27N3O3/c1-5-21(27)24-14-18-9-7-6-8-17(18)12-22(28)26-20-13-19(11-10-16(20)4)25-23(29)15(2)3/h5-11,13,15H,1,12,14H2,2-4H3,(H,24,27)(H,25,29)(H,26,28). The zero-order valence-corrected chi connectivity index (χ0v) is 17.0. The van der Waals surface area contributed by atoms with Crippen LogP contribution in [0.15, 0.2) is 55.1 Å². The Kier molecular flexibility index (Phi) is 7.71. The van der Waals surface area contributed by atoms with Crippen molar-refractivity contribution in [2.75, 3.05) is 10.6 Å². The van der Waals surface area contributed by atoms with Crippen molar-refractivity contribution in [1.29, 1.82) is 0 Å². The van der Waals surface area contributed by atoms with Crippen LogP contribution in [0.2, 0.25) is 0 Å². The van der Waals surface area contributed by atoms with Gasteiger partial charge in [0.2, 0.25) is 17.7 Å². The quantitative estimate of drug-likeness (QED) is 0.599. The van der Waals surface area contributed by atoms with E-state index in [1.807, 2.05) is 57.2 Å². The van der Waals surface area contributed by atoms with Gasteiger partial charge >= 0.3 is 0 Å². The molecule has 0 fully saturated rings. The molecule has 6 nitrogen and oxygen atoms in total. The SMILES string of the molecule is C=CC(=O)NCc1ccccc1CC(=O)Nc1cc(NC(=O)C(C)C)ccc1C. The third kappa shape index (κ3) is 6.60. The summed E-state index contributed by atoms with van der Waals surface area (Å²) >= 11 is 0. The van der Waals surface area contributed by atoms with Crippen molar-refractivity contribution in [2.45, 2.75) is 33.7 Å². The maximum atomic E-state index is 12.6. The van der Waals surface area contributed by atoms with Crippen molar-refractivity contribution in [3.8, 4) is 0 Å². The Morgan fingerprint density at radius 1 is 1.03 bits per heavy atom. The normalized spacial score (nSPS) is 10.3. The molecule has 0 atom stereocenters. The number of aryl methyl sites for hydroxylation is 1. The molecule has 2 rings (SSSR count). The Morgan fingerprint density at radius 2 is 1.72 bits per heavy atom. The van der Waals surface area contributed by atoms with Crippen LogP contribution in [0.1, 0.15) is 30.5 Å². The van der Waals surface area contributed by atoms with Gasteiger partial charge in [0.25, 0.3) is 0 Å². The third-order valence-electron chi connectivity index (χ3n) is 4.41. The first-order valence-corrected chi connectivity index (χ1v) is 9.48. The van der Waals surface area contributed by atoms with Crippen LogP contribution >= 0.6 is 0 Å². The van der Waals surface area contributed by atoms with E-state index in [2.05, 4.69) is 22.5 Å². The number of nitrogens with one attached hydrogen (secondary N) is 3. The number of hydrogen-bond donors (Lipinski definition) is 3. The highest BCUT2D eigenvalue weighted by Gasteiger charge is 2.12. The molecule has 0 spiro atoms. The fraction of sp³-hybridized carbons (Fsp3) is 0.261. The second-order valence-electron chi connectivity index (χ2n) is 7.09. The van der Waals surface area contributed by atoms with Crippen molar-refractivity contribution < 1.29 is 14.4 Å². The molecule has 152 valence electrons. The van der Waals surface area contributed by atoms with Crippen LogP contribution in [0.25, 0.3) is 0 Å². The Morgan fingerprint density at radius 3 is 2.38 bits per heavy atom. The molecule has 3 amide bonds. The topological polar surface area (TPSA) is 87.3 Å². The lowest BCUT2D eigenvalue weighted by atomic mass is 10.0. The highest BCUT2D eigenvalue weighted by molar-refractivity contribution is 5.96. The van der Waals surface area contributed by atoms with E-state index in [-0.39, 0.29) is 30.1 Å². The molecule has 0 aromatic heterocycles. The van der Waals surface area contributed by atoms with Crippen molar-refractivity contribution in [1.82, 2.24) is 5.32 Å². The first-order chi connectivity index (χ1) is 13.8. The second kappa shape index (κ2) is 10.2. The lowest BCUT2D eigenvalue weighted by molar-refractivity contribution is -0.119. The molecule has 0 aliphatic carbocycles. The van der Waals surface area contributed by atoms with Crippen molar-refractivity contribution in [2.24, 2.45) is 5.92 Å². The largest absolute Gasteiger partial charge is 0.348 e. The number of hydrogen-bond acceptors (Lipinski definition) is 3. The smallest absolute Gasteiger partial charge is 0.243 e. The van der Waals surface area contributed by atoms with Crippen molar-refractivity contribution in [3.05, 3.63) is 71.8 Å². The molecule has 0 bridgehead atoms. The van der Waals surface area contributed by atoms with E-state index < -0.39 is 0 Å². The average Bonchev–Trinajstić information content (AvgIpc) is 2.69. The predicted molar refractivity (Wildman–Crippen MR) is 115 cm³/mol. The fourth-order valence-corrected chi connectivity index (χ4v) is 2.65. The van der Waals surface area contributed by atoms with Gasteiger partial charge in [0.05, 0.1) is 6.42 Å². The van der Waals surface area contributed by atoms with Gasteiger partial charge in [-0.05, 0) is 41.8 Å². The highest BCUT2D eigenvalue weighted by Crippen LogP contribution is 2.21. The van der Waals surface area contributed by atoms with Crippen molar-refractivity contribution >= 4 is 29.1 Å². The molecule has 0 aliphatic heterocycles. The van der Waals surface area contributed by atoms with Gasteiger partial charge in [-0.15, -0.1) is 0 Å². The zero-order valence-electron chi connectivity index (χ0n) is 17.0. The number of benzene rings is 2. The highest BCUT2D eigenvalue weighted by atomic mass is 16.2. The molecule has 29 heavy (non-hydrogen) atoms. The van der Waals surface area contributed by atoms with Gasteiger partial charge in [0.15, 0.2) is 0 Å². The van der Waals surface area contributed by atoms with Gasteiger partial charge in [-0.3, -0.25) is 14.4 Å². The first-order valence-electron chi connectivity index (χ1n) is 9.48. The van der Waals surface area contributed by atoms with E-state index in [4.69, 9.17) is 0 Å². The van der Waals surface area contributed by atoms with E-state index in [0.717, 1.165) is 16.7 Å². The molecular weight excluding hydrogens is 366 g/mol. The van der Waals surface area contributed by atoms with Crippen LogP contribution in [-0.2, 0) is 27.3 Å². The Labute approximate surface area is 171 Å². The third-order valence-corrected chi connectivity index (χ3v) is 4.41. The lowest BCUT2D eigenvalue weighted by Crippen LogP contribution is -2.22. The minimum absolute atomic E-state index is 0.0818. The van der Waals surface area contributed by atoms with Gasteiger partial charge in [0, 0.05) is 23.8 Å². The van der Waals surface area contributed by atoms with Gasteiger partial charge in [-0.1, -0.05) is 50.8 Å². The Bertz CT molecular complexity index is 919. The monoisotopic (exact) mass is 393 g/mol. The van der Waals surface area contributed by atoms with Crippen LogP contribution in [0.4, 0.5) is 11.4 Å². The summed E-state index contributed by atoms with van der Waals surface area (Å²) < 4.78 is 0. The molecule has 0 saturated carbocycles. The summed E-state index contributed by atoms with van der Waals surface area (Å²) in [6, 6.07) is 12.9. The number of anilines is 2. The summed E-state index contributed by atoms with van der Waals surface area (Å²) in [5, 5.41) is 8.47. The molecule has 3 N–H and O–H groups in total. The molecule has 0 unspecified atom stereocenters. The van der Waals surface area contributed by atoms with Crippen LogP contribution in [0.5, 0.6) is 0 Å².